The summed E-state index contributed by atoms with van der Waals surface area (Å²) in [5, 5.41) is 23.3. The number of nitrogens with zero attached hydrogens (tertiary/aromatic N) is 4. The largest absolute Gasteiger partial charge is 0.371 e. The second-order valence-corrected chi connectivity index (χ2v) is 18.2. The van der Waals surface area contributed by atoms with Crippen molar-refractivity contribution in [3.05, 3.63) is 145 Å². The molecule has 5 N–H and O–H groups in total. The molecular weight excluding hydrogens is 1010 g/mol. The number of allylic oxidation sites excluding steroid dienone is 1. The molecule has 0 spiro atoms. The summed E-state index contributed by atoms with van der Waals surface area (Å²) in [6.07, 6.45) is 2.00. The molecule has 0 unspecified atom stereocenters. The number of rotatable bonds is 10. The lowest BCUT2D eigenvalue weighted by molar-refractivity contribution is 0.101. The lowest BCUT2D eigenvalue weighted by Gasteiger charge is -2.34. The molecule has 3 heterocycles. The number of nitrogens with one attached hydrogen (secondary N) is 5. The summed E-state index contributed by atoms with van der Waals surface area (Å²) in [5.74, 6) is 1.53. The van der Waals surface area contributed by atoms with Crippen LogP contribution in [0, 0.1) is 5.92 Å². The number of halogens is 4. The molecule has 2 aromatic heterocycles. The van der Waals surface area contributed by atoms with Crippen LogP contribution in [0.3, 0.4) is 0 Å². The van der Waals surface area contributed by atoms with Crippen LogP contribution in [0.25, 0.3) is 5.69 Å². The molecule has 13 nitrogen and oxygen atoms in total. The molecule has 322 valence electrons. The van der Waals surface area contributed by atoms with Crippen LogP contribution in [0.5, 0.6) is 0 Å². The number of hydrogen-bond acceptors (Lipinski definition) is 8. The number of Topliss-reactive ketones (excluding diaryl/α,β-unsaturated/α-hetero) is 1. The molecule has 0 atom stereocenters. The van der Waals surface area contributed by atoms with Gasteiger partial charge in [0.1, 0.15) is 15.0 Å². The maximum absolute atomic E-state index is 12.3. The highest BCUT2D eigenvalue weighted by Gasteiger charge is 2.23. The molecule has 0 bridgehead atoms. The first kappa shape index (κ1) is 46.1. The van der Waals surface area contributed by atoms with Crippen LogP contribution in [0.15, 0.2) is 134 Å². The Morgan fingerprint density at radius 2 is 1.21 bits per heavy atom. The van der Waals surface area contributed by atoms with Crippen molar-refractivity contribution in [2.45, 2.75) is 46.0 Å². The van der Waals surface area contributed by atoms with Gasteiger partial charge >= 0.3 is 12.1 Å². The zero-order chi connectivity index (χ0) is 44.6. The minimum atomic E-state index is -0.387. The Bertz CT molecular complexity index is 2510. The normalized spacial score (nSPS) is 12.7. The Kier molecular flexibility index (Phi) is 15.3. The molecule has 0 radical (unpaired) electrons. The third-order valence-corrected chi connectivity index (χ3v) is 13.1. The van der Waals surface area contributed by atoms with Crippen molar-refractivity contribution in [1.29, 1.82) is 0 Å². The van der Waals surface area contributed by atoms with Gasteiger partial charge in [0.05, 0.1) is 10.2 Å². The topological polar surface area (TPSA) is 158 Å². The Labute approximate surface area is 390 Å². The van der Waals surface area contributed by atoms with Gasteiger partial charge in [-0.25, -0.2) is 14.3 Å². The molecule has 6 aromatic rings. The molecular formula is C45H45Br3ClN9O4. The first-order chi connectivity index (χ1) is 29.5. The number of piperidine rings is 1. The number of hydrogen-bond donors (Lipinski definition) is 5. The van der Waals surface area contributed by atoms with E-state index in [4.69, 9.17) is 16.1 Å². The third-order valence-electron chi connectivity index (χ3n) is 9.77. The Hall–Kier alpha value is -5.42. The number of amides is 4. The number of aromatic nitrogens is 3. The van der Waals surface area contributed by atoms with Gasteiger partial charge in [0.2, 0.25) is 0 Å². The number of urea groups is 2. The van der Waals surface area contributed by atoms with Crippen LogP contribution < -0.4 is 31.5 Å². The van der Waals surface area contributed by atoms with Crippen molar-refractivity contribution in [3.8, 4) is 5.69 Å². The van der Waals surface area contributed by atoms with Gasteiger partial charge < -0.3 is 30.7 Å². The molecule has 1 aliphatic rings. The van der Waals surface area contributed by atoms with Gasteiger partial charge in [0.25, 0.3) is 0 Å². The van der Waals surface area contributed by atoms with Crippen molar-refractivity contribution < 1.29 is 18.9 Å². The average Bonchev–Trinajstić information content (AvgIpc) is 3.83. The van der Waals surface area contributed by atoms with E-state index >= 15 is 0 Å². The molecule has 62 heavy (non-hydrogen) atoms. The highest BCUT2D eigenvalue weighted by molar-refractivity contribution is 9.14. The van der Waals surface area contributed by atoms with Gasteiger partial charge in [0.15, 0.2) is 11.6 Å². The minimum absolute atomic E-state index is 0.0842. The average molecular weight is 1050 g/mol. The SMILES string of the molecule is C=C(Nc1ccc(NC(=O)Nc2cc(C(C)(C)C)on2)cc1)C1CCN(c2ccc(C(C)=O)cc2)CC1.O=C(Nc1ccc(Cl)cc1)Nc1ccc(-n2nc(Br)c(Br)c2Br)cc1. The number of carbonyl (C=O) groups is 3. The summed E-state index contributed by atoms with van der Waals surface area (Å²) in [6, 6.07) is 30.5. The van der Waals surface area contributed by atoms with Gasteiger partial charge in [0, 0.05) is 75.2 Å². The van der Waals surface area contributed by atoms with Crippen LogP contribution in [0.2, 0.25) is 5.02 Å². The van der Waals surface area contributed by atoms with Crippen LogP contribution in [0.4, 0.5) is 43.8 Å². The molecule has 1 aliphatic heterocycles. The maximum atomic E-state index is 12.3. The van der Waals surface area contributed by atoms with E-state index in [9.17, 15) is 14.4 Å². The maximum Gasteiger partial charge on any atom is 0.324 e. The molecule has 4 amide bonds. The Morgan fingerprint density at radius 1 is 0.726 bits per heavy atom. The summed E-state index contributed by atoms with van der Waals surface area (Å²) in [6.45, 7) is 13.8. The molecule has 7 rings (SSSR count). The lowest BCUT2D eigenvalue weighted by atomic mass is 9.93. The monoisotopic (exact) mass is 1050 g/mol. The number of ketones is 1. The smallest absolute Gasteiger partial charge is 0.324 e. The minimum Gasteiger partial charge on any atom is -0.371 e. The van der Waals surface area contributed by atoms with Crippen molar-refractivity contribution in [2.24, 2.45) is 5.92 Å². The zero-order valence-electron chi connectivity index (χ0n) is 34.4. The number of anilines is 6. The summed E-state index contributed by atoms with van der Waals surface area (Å²) in [7, 11) is 0. The van der Waals surface area contributed by atoms with Gasteiger partial charge in [-0.1, -0.05) is 44.1 Å². The van der Waals surface area contributed by atoms with Gasteiger partial charge in [-0.05, 0) is 165 Å². The zero-order valence-corrected chi connectivity index (χ0v) is 39.9. The Morgan fingerprint density at radius 3 is 1.69 bits per heavy atom. The second kappa shape index (κ2) is 20.6. The fourth-order valence-electron chi connectivity index (χ4n) is 6.32. The van der Waals surface area contributed by atoms with Crippen molar-refractivity contribution >= 4 is 111 Å². The second-order valence-electron chi connectivity index (χ2n) is 15.4. The first-order valence-electron chi connectivity index (χ1n) is 19.5. The van der Waals surface area contributed by atoms with Crippen LogP contribution >= 0.6 is 59.4 Å². The highest BCUT2D eigenvalue weighted by atomic mass is 79.9. The van der Waals surface area contributed by atoms with E-state index in [-0.39, 0.29) is 23.3 Å². The van der Waals surface area contributed by atoms with Gasteiger partial charge in [-0.2, -0.15) is 5.10 Å². The van der Waals surface area contributed by atoms with Gasteiger partial charge in [-0.15, -0.1) is 0 Å². The molecule has 0 aliphatic carbocycles. The van der Waals surface area contributed by atoms with E-state index in [1.807, 2.05) is 81.4 Å². The lowest BCUT2D eigenvalue weighted by Crippen LogP contribution is -2.35. The van der Waals surface area contributed by atoms with Crippen LogP contribution in [-0.4, -0.2) is 45.9 Å². The molecule has 0 saturated carbocycles. The molecule has 1 saturated heterocycles. The summed E-state index contributed by atoms with van der Waals surface area (Å²) in [4.78, 5) is 38.2. The van der Waals surface area contributed by atoms with E-state index in [0.717, 1.165) is 63.3 Å². The van der Waals surface area contributed by atoms with Crippen molar-refractivity contribution in [1.82, 2.24) is 14.9 Å². The fraction of sp³-hybridized carbons (Fsp3) is 0.222. The third kappa shape index (κ3) is 12.6. The predicted octanol–water partition coefficient (Wildman–Crippen LogP) is 13.1. The highest BCUT2D eigenvalue weighted by Crippen LogP contribution is 2.33. The summed E-state index contributed by atoms with van der Waals surface area (Å²) in [5.41, 5.74) is 6.45. The fourth-order valence-corrected chi connectivity index (χ4v) is 7.78. The van der Waals surface area contributed by atoms with Crippen LogP contribution in [-0.2, 0) is 5.41 Å². The van der Waals surface area contributed by atoms with Crippen molar-refractivity contribution in [2.75, 3.05) is 44.6 Å². The molecule has 1 fully saturated rings. The van der Waals surface area contributed by atoms with E-state index in [0.29, 0.717) is 44.2 Å². The predicted molar refractivity (Wildman–Crippen MR) is 259 cm³/mol. The van der Waals surface area contributed by atoms with E-state index in [1.165, 1.54) is 0 Å². The van der Waals surface area contributed by atoms with Crippen LogP contribution in [0.1, 0.15) is 56.7 Å². The quantitative estimate of drug-likeness (QED) is 0.0849. The van der Waals surface area contributed by atoms with Crippen molar-refractivity contribution in [3.63, 3.8) is 0 Å². The Balaban J connectivity index is 0.000000223. The summed E-state index contributed by atoms with van der Waals surface area (Å²) >= 11 is 16.1. The van der Waals surface area contributed by atoms with E-state index < -0.39 is 0 Å². The summed E-state index contributed by atoms with van der Waals surface area (Å²) < 4.78 is 9.35. The van der Waals surface area contributed by atoms with E-state index in [2.05, 4.69) is 96.1 Å². The molecule has 4 aromatic carbocycles. The number of carbonyl (C=O) groups excluding carboxylic acids is 3. The molecule has 17 heteroatoms. The first-order valence-corrected chi connectivity index (χ1v) is 22.3. The number of benzene rings is 4. The van der Waals surface area contributed by atoms with E-state index in [1.54, 1.807) is 54.1 Å². The standard InChI is InChI=1S/C29H35N5O3.C16H10Br3ClN4O/c1-19(21-14-16-34(17-15-21)25-12-6-22(7-13-25)20(2)35)30-23-8-10-24(11-9-23)31-28(36)32-27-18-26(37-33-27)29(3,4)5;17-13-14(18)23-24(15(13)19)12-7-5-11(6-8-12)22-16(25)21-10-3-1-9(20)2-4-10/h6-13,18,21,30H,1,14-17H2,2-5H3,(H2,31,32,33,36);1-8H,(H2,21,22,25). The van der Waals surface area contributed by atoms with Gasteiger partial charge in [-0.3, -0.25) is 10.1 Å².